The second-order valence-electron chi connectivity index (χ2n) is 5.46. The van der Waals surface area contributed by atoms with Crippen LogP contribution in [0.15, 0.2) is 23.1 Å². The number of hydrogen-bond donors (Lipinski definition) is 1. The Balaban J connectivity index is 3.06. The summed E-state index contributed by atoms with van der Waals surface area (Å²) in [5, 5.41) is 3.26. The summed E-state index contributed by atoms with van der Waals surface area (Å²) in [5.41, 5.74) is 1.80. The fourth-order valence-corrected chi connectivity index (χ4v) is 4.20. The molecule has 1 rings (SSSR count). The highest BCUT2D eigenvalue weighted by Crippen LogP contribution is 2.20. The van der Waals surface area contributed by atoms with Gasteiger partial charge in [0.1, 0.15) is 0 Å². The lowest BCUT2D eigenvalue weighted by molar-refractivity contribution is 0.435. The molecular weight excluding hydrogens is 258 g/mol. The number of benzene rings is 1. The average Bonchev–Trinajstić information content (AvgIpc) is 2.31. The SMILES string of the molecule is CCNC(CS(=O)(=O)c1cc(C)ccc1C)C(C)C. The van der Waals surface area contributed by atoms with Gasteiger partial charge in [-0.25, -0.2) is 8.42 Å². The minimum Gasteiger partial charge on any atom is -0.313 e. The van der Waals surface area contributed by atoms with Gasteiger partial charge in [-0.2, -0.15) is 0 Å². The zero-order valence-corrected chi connectivity index (χ0v) is 13.3. The first-order valence-electron chi connectivity index (χ1n) is 6.81. The van der Waals surface area contributed by atoms with Crippen molar-refractivity contribution in [2.45, 2.75) is 45.6 Å². The van der Waals surface area contributed by atoms with E-state index in [4.69, 9.17) is 0 Å². The maximum atomic E-state index is 12.6. The summed E-state index contributed by atoms with van der Waals surface area (Å²) in [6.07, 6.45) is 0. The highest BCUT2D eigenvalue weighted by Gasteiger charge is 2.24. The number of sulfone groups is 1. The van der Waals surface area contributed by atoms with E-state index < -0.39 is 9.84 Å². The first-order chi connectivity index (χ1) is 8.77. The van der Waals surface area contributed by atoms with Gasteiger partial charge in [0.2, 0.25) is 0 Å². The van der Waals surface area contributed by atoms with Crippen molar-refractivity contribution in [3.63, 3.8) is 0 Å². The Hall–Kier alpha value is -0.870. The molecule has 0 amide bonds. The molecule has 0 heterocycles. The van der Waals surface area contributed by atoms with Crippen molar-refractivity contribution < 1.29 is 8.42 Å². The molecule has 0 aliphatic carbocycles. The van der Waals surface area contributed by atoms with E-state index in [9.17, 15) is 8.42 Å². The van der Waals surface area contributed by atoms with E-state index in [0.29, 0.717) is 10.8 Å². The Labute approximate surface area is 117 Å². The highest BCUT2D eigenvalue weighted by molar-refractivity contribution is 7.91. The molecule has 1 N–H and O–H groups in total. The van der Waals surface area contributed by atoms with Crippen molar-refractivity contribution in [2.24, 2.45) is 5.92 Å². The van der Waals surface area contributed by atoms with Crippen molar-refractivity contribution in [1.82, 2.24) is 5.32 Å². The Bertz CT molecular complexity index is 521. The summed E-state index contributed by atoms with van der Waals surface area (Å²) in [6.45, 7) is 10.6. The topological polar surface area (TPSA) is 46.2 Å². The summed E-state index contributed by atoms with van der Waals surface area (Å²) in [5.74, 6) is 0.447. The van der Waals surface area contributed by atoms with Crippen LogP contribution in [0.3, 0.4) is 0 Å². The van der Waals surface area contributed by atoms with Gasteiger partial charge in [0.05, 0.1) is 10.6 Å². The maximum absolute atomic E-state index is 12.6. The molecule has 1 aromatic carbocycles. The molecule has 0 saturated carbocycles. The Morgan fingerprint density at radius 3 is 2.37 bits per heavy atom. The van der Waals surface area contributed by atoms with Crippen LogP contribution >= 0.6 is 0 Å². The van der Waals surface area contributed by atoms with Crippen LogP contribution in [0.25, 0.3) is 0 Å². The third kappa shape index (κ3) is 4.32. The van der Waals surface area contributed by atoms with Crippen LogP contribution in [-0.4, -0.2) is 26.8 Å². The lowest BCUT2D eigenvalue weighted by atomic mass is 10.1. The second kappa shape index (κ2) is 6.53. The smallest absolute Gasteiger partial charge is 0.180 e. The van der Waals surface area contributed by atoms with E-state index in [2.05, 4.69) is 5.32 Å². The van der Waals surface area contributed by atoms with Gasteiger partial charge in [-0.1, -0.05) is 32.9 Å². The monoisotopic (exact) mass is 283 g/mol. The van der Waals surface area contributed by atoms with Crippen molar-refractivity contribution >= 4 is 9.84 Å². The quantitative estimate of drug-likeness (QED) is 0.873. The molecule has 108 valence electrons. The summed E-state index contributed by atoms with van der Waals surface area (Å²) >= 11 is 0. The van der Waals surface area contributed by atoms with Gasteiger partial charge in [0, 0.05) is 6.04 Å². The lowest BCUT2D eigenvalue weighted by Crippen LogP contribution is -2.39. The molecule has 19 heavy (non-hydrogen) atoms. The van der Waals surface area contributed by atoms with Crippen molar-refractivity contribution in [2.75, 3.05) is 12.3 Å². The fraction of sp³-hybridized carbons (Fsp3) is 0.600. The predicted molar refractivity (Wildman–Crippen MR) is 80.3 cm³/mol. The van der Waals surface area contributed by atoms with Crippen molar-refractivity contribution in [1.29, 1.82) is 0 Å². The molecule has 0 fully saturated rings. The molecule has 0 aromatic heterocycles. The number of aryl methyl sites for hydroxylation is 2. The molecule has 1 aromatic rings. The predicted octanol–water partition coefficient (Wildman–Crippen LogP) is 2.71. The lowest BCUT2D eigenvalue weighted by Gasteiger charge is -2.22. The zero-order chi connectivity index (χ0) is 14.6. The molecule has 1 atom stereocenters. The van der Waals surface area contributed by atoms with E-state index in [0.717, 1.165) is 17.7 Å². The second-order valence-corrected chi connectivity index (χ2v) is 7.46. The van der Waals surface area contributed by atoms with E-state index in [1.807, 2.05) is 46.8 Å². The molecule has 1 unspecified atom stereocenters. The zero-order valence-electron chi connectivity index (χ0n) is 12.5. The molecule has 0 spiro atoms. The van der Waals surface area contributed by atoms with Gasteiger partial charge in [-0.05, 0) is 43.5 Å². The number of rotatable bonds is 6. The first-order valence-corrected chi connectivity index (χ1v) is 8.46. The third-order valence-electron chi connectivity index (χ3n) is 3.35. The van der Waals surface area contributed by atoms with Crippen LogP contribution in [0.2, 0.25) is 0 Å². The molecule has 3 nitrogen and oxygen atoms in total. The minimum atomic E-state index is -3.24. The van der Waals surface area contributed by atoms with E-state index in [1.54, 1.807) is 6.07 Å². The van der Waals surface area contributed by atoms with Crippen molar-refractivity contribution in [3.05, 3.63) is 29.3 Å². The van der Waals surface area contributed by atoms with Gasteiger partial charge in [-0.3, -0.25) is 0 Å². The normalized spacial score (nSPS) is 13.8. The summed E-state index contributed by atoms with van der Waals surface area (Å²) < 4.78 is 25.1. The summed E-state index contributed by atoms with van der Waals surface area (Å²) in [4.78, 5) is 0.469. The number of hydrogen-bond acceptors (Lipinski definition) is 3. The van der Waals surface area contributed by atoms with Gasteiger partial charge in [0.25, 0.3) is 0 Å². The molecule has 4 heteroatoms. The standard InChI is InChI=1S/C15H25NO2S/c1-6-16-14(11(2)3)10-19(17,18)15-9-12(4)7-8-13(15)5/h7-9,11,14,16H,6,10H2,1-5H3. The molecular formula is C15H25NO2S. The van der Waals surface area contributed by atoms with E-state index in [-0.39, 0.29) is 11.8 Å². The number of nitrogens with one attached hydrogen (secondary N) is 1. The Morgan fingerprint density at radius 2 is 1.84 bits per heavy atom. The molecule has 0 radical (unpaired) electrons. The van der Waals surface area contributed by atoms with Gasteiger partial charge >= 0.3 is 0 Å². The molecule has 0 aliphatic rings. The van der Waals surface area contributed by atoms with E-state index in [1.165, 1.54) is 0 Å². The summed E-state index contributed by atoms with van der Waals surface area (Å²) in [7, 11) is -3.24. The minimum absolute atomic E-state index is 0.00471. The Morgan fingerprint density at radius 1 is 1.21 bits per heavy atom. The van der Waals surface area contributed by atoms with Gasteiger partial charge in [0.15, 0.2) is 9.84 Å². The van der Waals surface area contributed by atoms with E-state index >= 15 is 0 Å². The van der Waals surface area contributed by atoms with Crippen LogP contribution in [0.4, 0.5) is 0 Å². The van der Waals surface area contributed by atoms with Crippen molar-refractivity contribution in [3.8, 4) is 0 Å². The first kappa shape index (κ1) is 16.2. The third-order valence-corrected chi connectivity index (χ3v) is 5.26. The molecule has 0 saturated heterocycles. The van der Waals surface area contributed by atoms with Crippen LogP contribution in [-0.2, 0) is 9.84 Å². The molecule has 0 aliphatic heterocycles. The van der Waals surface area contributed by atoms with Crippen LogP contribution in [0.1, 0.15) is 31.9 Å². The van der Waals surface area contributed by atoms with Crippen LogP contribution in [0.5, 0.6) is 0 Å². The van der Waals surface area contributed by atoms with Crippen LogP contribution in [0, 0.1) is 19.8 Å². The van der Waals surface area contributed by atoms with Crippen LogP contribution < -0.4 is 5.32 Å². The molecule has 0 bridgehead atoms. The Kier molecular flexibility index (Phi) is 5.56. The largest absolute Gasteiger partial charge is 0.313 e. The average molecular weight is 283 g/mol. The van der Waals surface area contributed by atoms with Gasteiger partial charge < -0.3 is 5.32 Å². The van der Waals surface area contributed by atoms with Gasteiger partial charge in [-0.15, -0.1) is 0 Å². The maximum Gasteiger partial charge on any atom is 0.180 e. The highest BCUT2D eigenvalue weighted by atomic mass is 32.2. The fourth-order valence-electron chi connectivity index (χ4n) is 2.12. The summed E-state index contributed by atoms with van der Waals surface area (Å²) in [6, 6.07) is 5.58.